The van der Waals surface area contributed by atoms with E-state index in [1.165, 1.54) is 0 Å². The van der Waals surface area contributed by atoms with Gasteiger partial charge in [-0.25, -0.2) is 8.42 Å². The minimum Gasteiger partial charge on any atom is -0.465 e. The van der Waals surface area contributed by atoms with Crippen LogP contribution >= 0.6 is 0 Å². The van der Waals surface area contributed by atoms with E-state index in [0.717, 1.165) is 29.7 Å². The Labute approximate surface area is 96.1 Å². The number of rotatable bonds is 3. The van der Waals surface area contributed by atoms with Gasteiger partial charge in [-0.05, 0) is 23.6 Å². The van der Waals surface area contributed by atoms with Crippen molar-refractivity contribution in [2.75, 3.05) is 7.11 Å². The van der Waals surface area contributed by atoms with Crippen molar-refractivity contribution < 1.29 is 17.9 Å². The van der Waals surface area contributed by atoms with Gasteiger partial charge in [-0.2, -0.15) is 0 Å². The molecule has 0 aromatic heterocycles. The molecule has 1 atom stereocenters. The van der Waals surface area contributed by atoms with Gasteiger partial charge in [0.2, 0.25) is 0 Å². The molecule has 1 aromatic carbocycles. The first kappa shape index (κ1) is 11.4. The molecule has 1 aliphatic heterocycles. The largest absolute Gasteiger partial charge is 0.465 e. The average Bonchev–Trinajstić information content (AvgIpc) is 2.27. The summed E-state index contributed by atoms with van der Waals surface area (Å²) in [6.45, 7) is 0. The maximum atomic E-state index is 10.6. The SMILES string of the molecule is COC1CCc2ccc(C[SH](=O)=O)cc2O1. The Morgan fingerprint density at radius 1 is 1.50 bits per heavy atom. The Balaban J connectivity index is 2.23. The molecule has 0 radical (unpaired) electrons. The summed E-state index contributed by atoms with van der Waals surface area (Å²) in [6, 6.07) is 5.54. The standard InChI is InChI=1S/C11H14O4S/c1-14-11-5-4-9-3-2-8(7-16(12)13)6-10(9)15-11/h2-3,6,11,16H,4-5,7H2,1H3. The molecule has 5 heteroatoms. The van der Waals surface area contributed by atoms with Crippen LogP contribution in [-0.2, 0) is 27.6 Å². The molecule has 0 spiro atoms. The highest BCUT2D eigenvalue weighted by atomic mass is 32.2. The van der Waals surface area contributed by atoms with Crippen molar-refractivity contribution in [1.82, 2.24) is 0 Å². The fourth-order valence-corrected chi connectivity index (χ4v) is 2.30. The molecule has 2 rings (SSSR count). The fourth-order valence-electron chi connectivity index (χ4n) is 1.80. The van der Waals surface area contributed by atoms with Crippen LogP contribution in [0.25, 0.3) is 0 Å². The number of hydrogen-bond donors (Lipinski definition) is 1. The van der Waals surface area contributed by atoms with Crippen LogP contribution in [0.4, 0.5) is 0 Å². The van der Waals surface area contributed by atoms with Crippen molar-refractivity contribution in [2.24, 2.45) is 0 Å². The van der Waals surface area contributed by atoms with E-state index in [2.05, 4.69) is 0 Å². The van der Waals surface area contributed by atoms with Crippen LogP contribution in [0, 0.1) is 0 Å². The highest BCUT2D eigenvalue weighted by Crippen LogP contribution is 2.28. The van der Waals surface area contributed by atoms with Crippen LogP contribution in [0.2, 0.25) is 0 Å². The van der Waals surface area contributed by atoms with Crippen molar-refractivity contribution in [3.8, 4) is 5.75 Å². The van der Waals surface area contributed by atoms with Gasteiger partial charge in [0.15, 0.2) is 6.29 Å². The predicted molar refractivity (Wildman–Crippen MR) is 60.2 cm³/mol. The zero-order chi connectivity index (χ0) is 11.5. The Hall–Kier alpha value is -1.07. The van der Waals surface area contributed by atoms with Gasteiger partial charge in [0.1, 0.15) is 16.5 Å². The topological polar surface area (TPSA) is 52.6 Å². The second-order valence-electron chi connectivity index (χ2n) is 3.75. The molecule has 16 heavy (non-hydrogen) atoms. The van der Waals surface area contributed by atoms with Gasteiger partial charge in [-0.3, -0.25) is 0 Å². The molecule has 0 bridgehead atoms. The van der Waals surface area contributed by atoms with Gasteiger partial charge in [0, 0.05) is 13.5 Å². The van der Waals surface area contributed by atoms with E-state index >= 15 is 0 Å². The molecule has 0 N–H and O–H groups in total. The molecule has 0 saturated heterocycles. The highest BCUT2D eigenvalue weighted by Gasteiger charge is 2.19. The molecule has 1 unspecified atom stereocenters. The zero-order valence-corrected chi connectivity index (χ0v) is 9.91. The maximum Gasteiger partial charge on any atom is 0.199 e. The first-order chi connectivity index (χ1) is 7.69. The second kappa shape index (κ2) is 4.84. The minimum absolute atomic E-state index is 0.0591. The van der Waals surface area contributed by atoms with Crippen molar-refractivity contribution in [3.05, 3.63) is 29.3 Å². The molecule has 4 nitrogen and oxygen atoms in total. The second-order valence-corrected chi connectivity index (χ2v) is 4.74. The molecular formula is C11H14O4S. The van der Waals surface area contributed by atoms with E-state index < -0.39 is 10.7 Å². The summed E-state index contributed by atoms with van der Waals surface area (Å²) < 4.78 is 32.0. The Kier molecular flexibility index (Phi) is 3.46. The monoisotopic (exact) mass is 242 g/mol. The number of aryl methyl sites for hydroxylation is 1. The number of ether oxygens (including phenoxy) is 2. The van der Waals surface area contributed by atoms with Crippen molar-refractivity contribution in [1.29, 1.82) is 0 Å². The fraction of sp³-hybridized carbons (Fsp3) is 0.455. The lowest BCUT2D eigenvalue weighted by atomic mass is 10.0. The molecule has 0 fully saturated rings. The van der Waals surface area contributed by atoms with E-state index in [1.807, 2.05) is 12.1 Å². The Bertz CT molecular complexity index is 445. The van der Waals surface area contributed by atoms with Crippen molar-refractivity contribution >= 4 is 10.7 Å². The number of methoxy groups -OCH3 is 1. The first-order valence-corrected chi connectivity index (χ1v) is 6.48. The quantitative estimate of drug-likeness (QED) is 0.806. The number of benzene rings is 1. The lowest BCUT2D eigenvalue weighted by Gasteiger charge is -2.25. The predicted octanol–water partition coefficient (Wildman–Crippen LogP) is 1.10. The normalized spacial score (nSPS) is 19.2. The molecule has 1 heterocycles. The molecule has 88 valence electrons. The smallest absolute Gasteiger partial charge is 0.199 e. The zero-order valence-electron chi connectivity index (χ0n) is 9.01. The maximum absolute atomic E-state index is 10.6. The van der Waals surface area contributed by atoms with Crippen LogP contribution in [0.5, 0.6) is 5.75 Å². The summed E-state index contributed by atoms with van der Waals surface area (Å²) in [5.74, 6) is 0.802. The van der Waals surface area contributed by atoms with Crippen molar-refractivity contribution in [2.45, 2.75) is 24.9 Å². The lowest BCUT2D eigenvalue weighted by Crippen LogP contribution is -2.24. The minimum atomic E-state index is -2.39. The first-order valence-electron chi connectivity index (χ1n) is 5.12. The van der Waals surface area contributed by atoms with Gasteiger partial charge >= 0.3 is 0 Å². The third-order valence-corrected chi connectivity index (χ3v) is 3.24. The summed E-state index contributed by atoms with van der Waals surface area (Å²) in [5, 5.41) is 0. The summed E-state index contributed by atoms with van der Waals surface area (Å²) >= 11 is 0. The third kappa shape index (κ3) is 2.54. The molecule has 1 aromatic rings. The van der Waals surface area contributed by atoms with Crippen molar-refractivity contribution in [3.63, 3.8) is 0 Å². The van der Waals surface area contributed by atoms with E-state index in [0.29, 0.717) is 0 Å². The average molecular weight is 242 g/mol. The van der Waals surface area contributed by atoms with Crippen LogP contribution < -0.4 is 4.74 Å². The van der Waals surface area contributed by atoms with Gasteiger partial charge in [0.25, 0.3) is 0 Å². The van der Waals surface area contributed by atoms with E-state index in [1.54, 1.807) is 13.2 Å². The lowest BCUT2D eigenvalue weighted by molar-refractivity contribution is -0.0653. The number of hydrogen-bond acceptors (Lipinski definition) is 4. The molecular weight excluding hydrogens is 228 g/mol. The molecule has 1 aliphatic rings. The molecule has 0 saturated carbocycles. The van der Waals surface area contributed by atoms with Crippen LogP contribution in [0.3, 0.4) is 0 Å². The van der Waals surface area contributed by atoms with E-state index in [4.69, 9.17) is 9.47 Å². The Morgan fingerprint density at radius 2 is 2.31 bits per heavy atom. The summed E-state index contributed by atoms with van der Waals surface area (Å²) in [6.07, 6.45) is 1.51. The van der Waals surface area contributed by atoms with Gasteiger partial charge in [-0.15, -0.1) is 0 Å². The van der Waals surface area contributed by atoms with Crippen LogP contribution in [0.15, 0.2) is 18.2 Å². The summed E-state index contributed by atoms with van der Waals surface area (Å²) in [7, 11) is -0.786. The van der Waals surface area contributed by atoms with Gasteiger partial charge < -0.3 is 9.47 Å². The van der Waals surface area contributed by atoms with E-state index in [-0.39, 0.29) is 12.0 Å². The van der Waals surface area contributed by atoms with E-state index in [9.17, 15) is 8.42 Å². The highest BCUT2D eigenvalue weighted by molar-refractivity contribution is 7.71. The van der Waals surface area contributed by atoms with Crippen LogP contribution in [-0.4, -0.2) is 21.8 Å². The van der Waals surface area contributed by atoms with Gasteiger partial charge in [0.05, 0.1) is 5.75 Å². The Morgan fingerprint density at radius 3 is 3.00 bits per heavy atom. The van der Waals surface area contributed by atoms with Crippen LogP contribution in [0.1, 0.15) is 17.5 Å². The third-order valence-electron chi connectivity index (χ3n) is 2.61. The summed E-state index contributed by atoms with van der Waals surface area (Å²) in [5.41, 5.74) is 1.87. The van der Waals surface area contributed by atoms with Gasteiger partial charge in [-0.1, -0.05) is 12.1 Å². The number of thiol groups is 1. The summed E-state index contributed by atoms with van der Waals surface area (Å²) in [4.78, 5) is 0. The molecule has 0 amide bonds. The molecule has 0 aliphatic carbocycles. The number of fused-ring (bicyclic) bond motifs is 1.